The highest BCUT2D eigenvalue weighted by molar-refractivity contribution is 6.09. The van der Waals surface area contributed by atoms with Gasteiger partial charge in [-0.1, -0.05) is 19.9 Å². The second kappa shape index (κ2) is 7.20. The van der Waals surface area contributed by atoms with Crippen molar-refractivity contribution in [3.8, 4) is 0 Å². The summed E-state index contributed by atoms with van der Waals surface area (Å²) in [5.74, 6) is -0.756. The fourth-order valence-corrected chi connectivity index (χ4v) is 1.65. The van der Waals surface area contributed by atoms with E-state index in [0.717, 1.165) is 6.42 Å². The van der Waals surface area contributed by atoms with Gasteiger partial charge in [0.25, 0.3) is 0 Å². The summed E-state index contributed by atoms with van der Waals surface area (Å²) in [6.07, 6.45) is 0.854. The molecule has 0 heterocycles. The number of halogens is 1. The Balaban J connectivity index is 2.63. The molecule has 0 aliphatic rings. The largest absolute Gasteiger partial charge is 0.355 e. The topological polar surface area (TPSA) is 58.2 Å². The minimum atomic E-state index is -1.22. The number of hydrogen-bond donors (Lipinski definition) is 2. The molecule has 21 heavy (non-hydrogen) atoms. The Morgan fingerprint density at radius 3 is 2.48 bits per heavy atom. The molecule has 0 aliphatic carbocycles. The lowest BCUT2D eigenvalue weighted by Crippen LogP contribution is -2.45. The molecule has 4 nitrogen and oxygen atoms in total. The van der Waals surface area contributed by atoms with Crippen LogP contribution < -0.4 is 10.6 Å². The fraction of sp³-hybridized carbons (Fsp3) is 0.500. The summed E-state index contributed by atoms with van der Waals surface area (Å²) in [6, 6.07) is 5.58. The van der Waals surface area contributed by atoms with Gasteiger partial charge in [0.05, 0.1) is 0 Å². The van der Waals surface area contributed by atoms with Crippen LogP contribution >= 0.6 is 0 Å². The maximum absolute atomic E-state index is 13.1. The number of nitrogens with one attached hydrogen (secondary N) is 2. The Kier molecular flexibility index (Phi) is 5.88. The van der Waals surface area contributed by atoms with Gasteiger partial charge >= 0.3 is 0 Å². The van der Waals surface area contributed by atoms with E-state index in [1.807, 2.05) is 0 Å². The molecule has 0 spiro atoms. The summed E-state index contributed by atoms with van der Waals surface area (Å²) in [6.45, 7) is 7.76. The van der Waals surface area contributed by atoms with Crippen LogP contribution in [0.15, 0.2) is 24.3 Å². The van der Waals surface area contributed by atoms with E-state index in [2.05, 4.69) is 24.5 Å². The maximum atomic E-state index is 13.1. The molecule has 2 amide bonds. The van der Waals surface area contributed by atoms with Gasteiger partial charge in [0.2, 0.25) is 11.8 Å². The second-order valence-corrected chi connectivity index (χ2v) is 6.03. The average Bonchev–Trinajstić information content (AvgIpc) is 2.37. The highest BCUT2D eigenvalue weighted by Crippen LogP contribution is 2.19. The zero-order valence-corrected chi connectivity index (χ0v) is 13.0. The van der Waals surface area contributed by atoms with Crippen molar-refractivity contribution < 1.29 is 14.0 Å². The first-order chi connectivity index (χ1) is 9.73. The van der Waals surface area contributed by atoms with Crippen molar-refractivity contribution in [2.24, 2.45) is 11.3 Å². The number of benzene rings is 1. The minimum absolute atomic E-state index is 0.336. The third-order valence-electron chi connectivity index (χ3n) is 3.23. The molecule has 0 aliphatic heterocycles. The van der Waals surface area contributed by atoms with E-state index >= 15 is 0 Å². The van der Waals surface area contributed by atoms with Crippen LogP contribution in [0, 0.1) is 17.2 Å². The van der Waals surface area contributed by atoms with Gasteiger partial charge in [0.15, 0.2) is 0 Å². The summed E-state index contributed by atoms with van der Waals surface area (Å²) in [5, 5.41) is 5.32. The molecule has 0 atom stereocenters. The lowest BCUT2D eigenvalue weighted by molar-refractivity contribution is -0.138. The molecule has 5 heteroatoms. The first-order valence-electron chi connectivity index (χ1n) is 7.09. The van der Waals surface area contributed by atoms with Crippen LogP contribution in [-0.2, 0) is 9.59 Å². The Labute approximate surface area is 125 Å². The predicted molar refractivity (Wildman–Crippen MR) is 81.3 cm³/mol. The number of amides is 2. The molecule has 0 unspecified atom stereocenters. The number of rotatable bonds is 6. The third kappa shape index (κ3) is 5.17. The monoisotopic (exact) mass is 294 g/mol. The van der Waals surface area contributed by atoms with E-state index in [0.29, 0.717) is 18.2 Å². The van der Waals surface area contributed by atoms with Gasteiger partial charge in [-0.25, -0.2) is 4.39 Å². The number of hydrogen-bond acceptors (Lipinski definition) is 2. The van der Waals surface area contributed by atoms with Crippen molar-refractivity contribution in [1.29, 1.82) is 0 Å². The van der Waals surface area contributed by atoms with E-state index in [1.54, 1.807) is 19.9 Å². The number of carbonyl (C=O) groups is 2. The van der Waals surface area contributed by atoms with Crippen molar-refractivity contribution in [3.05, 3.63) is 30.1 Å². The molecule has 2 N–H and O–H groups in total. The van der Waals surface area contributed by atoms with E-state index < -0.39 is 17.1 Å². The van der Waals surface area contributed by atoms with Crippen molar-refractivity contribution in [2.75, 3.05) is 11.9 Å². The van der Waals surface area contributed by atoms with Gasteiger partial charge in [-0.05, 0) is 44.4 Å². The summed E-state index contributed by atoms with van der Waals surface area (Å²) in [5.41, 5.74) is -0.883. The normalized spacial score (nSPS) is 11.3. The van der Waals surface area contributed by atoms with Crippen LogP contribution in [-0.4, -0.2) is 18.4 Å². The van der Waals surface area contributed by atoms with Crippen LogP contribution in [0.4, 0.5) is 10.1 Å². The fourth-order valence-electron chi connectivity index (χ4n) is 1.65. The first kappa shape index (κ1) is 17.1. The standard InChI is InChI=1S/C16H23FN2O2/c1-11(2)8-9-18-14(20)16(3,4)15(21)19-13-7-5-6-12(17)10-13/h5-7,10-11H,8-9H2,1-4H3,(H,18,20)(H,19,21). The third-order valence-corrected chi connectivity index (χ3v) is 3.23. The number of anilines is 1. The van der Waals surface area contributed by atoms with E-state index in [-0.39, 0.29) is 5.91 Å². The maximum Gasteiger partial charge on any atom is 0.239 e. The highest BCUT2D eigenvalue weighted by atomic mass is 19.1. The van der Waals surface area contributed by atoms with Crippen molar-refractivity contribution in [3.63, 3.8) is 0 Å². The molecule has 0 saturated heterocycles. The van der Waals surface area contributed by atoms with Crippen molar-refractivity contribution in [1.82, 2.24) is 5.32 Å². The summed E-state index contributed by atoms with van der Waals surface area (Å²) in [4.78, 5) is 24.3. The molecule has 0 bridgehead atoms. The smallest absolute Gasteiger partial charge is 0.239 e. The molecule has 1 aromatic rings. The quantitative estimate of drug-likeness (QED) is 0.792. The molecule has 0 saturated carbocycles. The molecule has 0 fully saturated rings. The van der Waals surface area contributed by atoms with Gasteiger partial charge in [-0.2, -0.15) is 0 Å². The van der Waals surface area contributed by atoms with Gasteiger partial charge in [0, 0.05) is 12.2 Å². The zero-order valence-electron chi connectivity index (χ0n) is 13.0. The minimum Gasteiger partial charge on any atom is -0.355 e. The summed E-state index contributed by atoms with van der Waals surface area (Å²) >= 11 is 0. The predicted octanol–water partition coefficient (Wildman–Crippen LogP) is 2.95. The second-order valence-electron chi connectivity index (χ2n) is 6.03. The molecule has 0 aromatic heterocycles. The Morgan fingerprint density at radius 2 is 1.90 bits per heavy atom. The summed E-state index contributed by atoms with van der Waals surface area (Å²) < 4.78 is 13.1. The van der Waals surface area contributed by atoms with Gasteiger partial charge < -0.3 is 10.6 Å². The average molecular weight is 294 g/mol. The molecule has 116 valence electrons. The van der Waals surface area contributed by atoms with E-state index in [9.17, 15) is 14.0 Å². The van der Waals surface area contributed by atoms with Crippen LogP contribution in [0.2, 0.25) is 0 Å². The molecule has 1 rings (SSSR count). The van der Waals surface area contributed by atoms with Gasteiger partial charge in [-0.15, -0.1) is 0 Å². The Hall–Kier alpha value is -1.91. The molecule has 1 aromatic carbocycles. The molecule has 0 radical (unpaired) electrons. The molecular weight excluding hydrogens is 271 g/mol. The Morgan fingerprint density at radius 1 is 1.24 bits per heavy atom. The zero-order chi connectivity index (χ0) is 16.0. The number of carbonyl (C=O) groups excluding carboxylic acids is 2. The highest BCUT2D eigenvalue weighted by Gasteiger charge is 2.35. The van der Waals surface area contributed by atoms with E-state index in [4.69, 9.17) is 0 Å². The van der Waals surface area contributed by atoms with Gasteiger partial charge in [0.1, 0.15) is 11.2 Å². The van der Waals surface area contributed by atoms with Gasteiger partial charge in [-0.3, -0.25) is 9.59 Å². The van der Waals surface area contributed by atoms with Crippen LogP contribution in [0.1, 0.15) is 34.1 Å². The van der Waals surface area contributed by atoms with Crippen LogP contribution in [0.25, 0.3) is 0 Å². The lowest BCUT2D eigenvalue weighted by Gasteiger charge is -2.23. The summed E-state index contributed by atoms with van der Waals surface area (Å²) in [7, 11) is 0. The van der Waals surface area contributed by atoms with Crippen LogP contribution in [0.5, 0.6) is 0 Å². The Bertz CT molecular complexity index is 513. The van der Waals surface area contributed by atoms with Crippen molar-refractivity contribution >= 4 is 17.5 Å². The van der Waals surface area contributed by atoms with E-state index in [1.165, 1.54) is 18.2 Å². The SMILES string of the molecule is CC(C)CCNC(=O)C(C)(C)C(=O)Nc1cccc(F)c1. The molecular formula is C16H23FN2O2. The first-order valence-corrected chi connectivity index (χ1v) is 7.09. The van der Waals surface area contributed by atoms with Crippen molar-refractivity contribution in [2.45, 2.75) is 34.1 Å². The lowest BCUT2D eigenvalue weighted by atomic mass is 9.90. The van der Waals surface area contributed by atoms with Crippen LogP contribution in [0.3, 0.4) is 0 Å².